The zero-order valence-corrected chi connectivity index (χ0v) is 17.5. The van der Waals surface area contributed by atoms with Gasteiger partial charge in [0.2, 0.25) is 11.8 Å². The summed E-state index contributed by atoms with van der Waals surface area (Å²) in [4.78, 5) is 30.8. The molecule has 1 unspecified atom stereocenters. The molecular weight excluding hydrogens is 340 g/mol. The van der Waals surface area contributed by atoms with Crippen molar-refractivity contribution < 1.29 is 14.3 Å². The Balaban J connectivity index is 1.85. The van der Waals surface area contributed by atoms with Crippen LogP contribution >= 0.6 is 0 Å². The summed E-state index contributed by atoms with van der Waals surface area (Å²) in [6.07, 6.45) is 9.98. The molecule has 0 aromatic rings. The van der Waals surface area contributed by atoms with Crippen molar-refractivity contribution in [1.82, 2.24) is 9.80 Å². The van der Waals surface area contributed by atoms with Crippen LogP contribution in [0.1, 0.15) is 85.0 Å². The molecule has 3 fully saturated rings. The number of rotatable bonds is 6. The van der Waals surface area contributed by atoms with Gasteiger partial charge in [-0.3, -0.25) is 14.5 Å². The minimum absolute atomic E-state index is 0.0871. The number of hydrogen-bond acceptors (Lipinski definition) is 3. The molecule has 1 saturated heterocycles. The van der Waals surface area contributed by atoms with Gasteiger partial charge in [-0.2, -0.15) is 0 Å². The Morgan fingerprint density at radius 2 is 1.63 bits per heavy atom. The van der Waals surface area contributed by atoms with E-state index in [0.717, 1.165) is 77.3 Å². The molecule has 0 aromatic heterocycles. The van der Waals surface area contributed by atoms with Gasteiger partial charge in [-0.05, 0) is 57.3 Å². The lowest BCUT2D eigenvalue weighted by molar-refractivity contribution is -0.166. The Kier molecular flexibility index (Phi) is 6.83. The summed E-state index contributed by atoms with van der Waals surface area (Å²) in [5.74, 6) is 1.05. The second-order valence-electron chi connectivity index (χ2n) is 8.97. The molecule has 0 N–H and O–H groups in total. The highest BCUT2D eigenvalue weighted by atomic mass is 16.5. The first-order chi connectivity index (χ1) is 13.0. The number of carbonyl (C=O) groups excluding carboxylic acids is 2. The summed E-state index contributed by atoms with van der Waals surface area (Å²) in [6.45, 7) is 8.38. The van der Waals surface area contributed by atoms with Crippen molar-refractivity contribution in [3.05, 3.63) is 0 Å². The van der Waals surface area contributed by atoms with Crippen LogP contribution in [0.2, 0.25) is 0 Å². The number of nitrogens with zero attached hydrogens (tertiary/aromatic N) is 2. The largest absolute Gasteiger partial charge is 0.353 e. The van der Waals surface area contributed by atoms with Crippen LogP contribution in [0, 0.1) is 11.8 Å². The van der Waals surface area contributed by atoms with E-state index in [1.807, 2.05) is 9.80 Å². The third-order valence-corrected chi connectivity index (χ3v) is 6.84. The first-order valence-electron chi connectivity index (χ1n) is 11.3. The molecule has 1 aliphatic heterocycles. The first-order valence-corrected chi connectivity index (χ1v) is 11.3. The minimum atomic E-state index is -0.531. The van der Waals surface area contributed by atoms with Crippen LogP contribution in [0.3, 0.4) is 0 Å². The molecule has 1 spiro atoms. The third kappa shape index (κ3) is 4.18. The first kappa shape index (κ1) is 20.6. The Bertz CT molecular complexity index is 516. The number of amides is 2. The van der Waals surface area contributed by atoms with Crippen LogP contribution in [-0.2, 0) is 14.3 Å². The van der Waals surface area contributed by atoms with E-state index >= 15 is 0 Å². The lowest BCUT2D eigenvalue weighted by Crippen LogP contribution is -2.58. The van der Waals surface area contributed by atoms with Gasteiger partial charge in [-0.25, -0.2) is 0 Å². The summed E-state index contributed by atoms with van der Waals surface area (Å²) in [6, 6.07) is -0.426. The maximum absolute atomic E-state index is 13.5. The Labute approximate surface area is 164 Å². The van der Waals surface area contributed by atoms with Gasteiger partial charge in [0.15, 0.2) is 0 Å². The normalized spacial score (nSPS) is 31.6. The summed E-state index contributed by atoms with van der Waals surface area (Å²) in [5, 5.41) is 0. The van der Waals surface area contributed by atoms with E-state index in [9.17, 15) is 9.59 Å². The molecule has 0 aromatic carbocycles. The van der Waals surface area contributed by atoms with Gasteiger partial charge in [0, 0.05) is 19.0 Å². The summed E-state index contributed by atoms with van der Waals surface area (Å²) >= 11 is 0. The molecule has 3 rings (SSSR count). The van der Waals surface area contributed by atoms with E-state index in [2.05, 4.69) is 20.8 Å². The van der Waals surface area contributed by atoms with Gasteiger partial charge >= 0.3 is 0 Å². The zero-order chi connectivity index (χ0) is 19.4. The number of ether oxygens (including phenoxy) is 1. The molecule has 5 heteroatoms. The van der Waals surface area contributed by atoms with Crippen LogP contribution < -0.4 is 0 Å². The number of hydrogen-bond donors (Lipinski definition) is 0. The average molecular weight is 379 g/mol. The second-order valence-corrected chi connectivity index (χ2v) is 8.97. The van der Waals surface area contributed by atoms with Crippen LogP contribution in [0.25, 0.3) is 0 Å². The predicted molar refractivity (Wildman–Crippen MR) is 106 cm³/mol. The standard InChI is InChI=1S/C22H38N2O3/c1-4-14-23(15-5-2)21(26)19-16-27-22(12-10-17(3)11-13-22)24(19)20(25)18-8-6-7-9-18/h17-19H,4-16H2,1-3H3. The monoisotopic (exact) mass is 378 g/mol. The fourth-order valence-electron chi connectivity index (χ4n) is 5.25. The molecular formula is C22H38N2O3. The average Bonchev–Trinajstić information content (AvgIpc) is 3.32. The zero-order valence-electron chi connectivity index (χ0n) is 17.5. The molecule has 3 aliphatic rings. The predicted octanol–water partition coefficient (Wildman–Crippen LogP) is 3.96. The van der Waals surface area contributed by atoms with Gasteiger partial charge in [-0.15, -0.1) is 0 Å². The van der Waals surface area contributed by atoms with Crippen LogP contribution in [0.5, 0.6) is 0 Å². The maximum Gasteiger partial charge on any atom is 0.247 e. The van der Waals surface area contributed by atoms with Gasteiger partial charge in [0.25, 0.3) is 0 Å². The smallest absolute Gasteiger partial charge is 0.247 e. The summed E-state index contributed by atoms with van der Waals surface area (Å²) in [5.41, 5.74) is -0.531. The molecule has 154 valence electrons. The maximum atomic E-state index is 13.5. The Hall–Kier alpha value is -1.10. The molecule has 0 radical (unpaired) electrons. The lowest BCUT2D eigenvalue weighted by Gasteiger charge is -2.44. The molecule has 5 nitrogen and oxygen atoms in total. The summed E-state index contributed by atoms with van der Waals surface area (Å²) < 4.78 is 6.32. The molecule has 2 amide bonds. The number of carbonyl (C=O) groups is 2. The van der Waals surface area contributed by atoms with E-state index < -0.39 is 11.8 Å². The van der Waals surface area contributed by atoms with Crippen LogP contribution in [0.15, 0.2) is 0 Å². The van der Waals surface area contributed by atoms with Gasteiger partial charge in [0.05, 0.1) is 6.61 Å². The van der Waals surface area contributed by atoms with Crippen molar-refractivity contribution >= 4 is 11.8 Å². The second kappa shape index (κ2) is 8.93. The molecule has 2 saturated carbocycles. The van der Waals surface area contributed by atoms with Crippen molar-refractivity contribution in [2.45, 2.75) is 96.7 Å². The van der Waals surface area contributed by atoms with Crippen molar-refractivity contribution in [2.75, 3.05) is 19.7 Å². The fourth-order valence-corrected chi connectivity index (χ4v) is 5.25. The summed E-state index contributed by atoms with van der Waals surface area (Å²) in [7, 11) is 0. The van der Waals surface area contributed by atoms with Crippen molar-refractivity contribution in [3.63, 3.8) is 0 Å². The van der Waals surface area contributed by atoms with E-state index in [1.165, 1.54) is 0 Å². The van der Waals surface area contributed by atoms with Crippen molar-refractivity contribution in [2.24, 2.45) is 11.8 Å². The van der Waals surface area contributed by atoms with E-state index in [0.29, 0.717) is 12.5 Å². The highest BCUT2D eigenvalue weighted by Gasteiger charge is 2.55. The topological polar surface area (TPSA) is 49.9 Å². The molecule has 1 heterocycles. The molecule has 1 atom stereocenters. The van der Waals surface area contributed by atoms with Gasteiger partial charge in [0.1, 0.15) is 11.8 Å². The van der Waals surface area contributed by atoms with Gasteiger partial charge in [-0.1, -0.05) is 33.6 Å². The third-order valence-electron chi connectivity index (χ3n) is 6.84. The molecule has 2 aliphatic carbocycles. The minimum Gasteiger partial charge on any atom is -0.353 e. The Morgan fingerprint density at radius 3 is 2.19 bits per heavy atom. The van der Waals surface area contributed by atoms with Gasteiger partial charge < -0.3 is 9.64 Å². The van der Waals surface area contributed by atoms with Crippen LogP contribution in [0.4, 0.5) is 0 Å². The van der Waals surface area contributed by atoms with E-state index in [4.69, 9.17) is 4.74 Å². The lowest BCUT2D eigenvalue weighted by atomic mass is 9.83. The van der Waals surface area contributed by atoms with Crippen molar-refractivity contribution in [3.8, 4) is 0 Å². The van der Waals surface area contributed by atoms with Crippen LogP contribution in [-0.4, -0.2) is 53.1 Å². The quantitative estimate of drug-likeness (QED) is 0.703. The van der Waals surface area contributed by atoms with E-state index in [-0.39, 0.29) is 17.7 Å². The molecule has 0 bridgehead atoms. The SMILES string of the molecule is CCCN(CCC)C(=O)C1COC2(CCC(C)CC2)N1C(=O)C1CCCC1. The highest BCUT2D eigenvalue weighted by molar-refractivity contribution is 5.90. The Morgan fingerprint density at radius 1 is 1.04 bits per heavy atom. The molecule has 27 heavy (non-hydrogen) atoms. The highest BCUT2D eigenvalue weighted by Crippen LogP contribution is 2.44. The van der Waals surface area contributed by atoms with Crippen molar-refractivity contribution in [1.29, 1.82) is 0 Å². The van der Waals surface area contributed by atoms with E-state index in [1.54, 1.807) is 0 Å². The fraction of sp³-hybridized carbons (Fsp3) is 0.909.